The molecule has 2 aromatic rings. The molecule has 1 aliphatic rings. The highest BCUT2D eigenvalue weighted by Crippen LogP contribution is 2.20. The van der Waals surface area contributed by atoms with Gasteiger partial charge in [-0.15, -0.1) is 11.3 Å². The standard InChI is InChI=1S/C19H26N4OS/c1-14-5-6-17(15(2)13-14)21-18(24)16(3)22-8-4-9-23(11-10-22)19-20-7-12-25-19/h5-7,12-13,16H,4,8-11H2,1-3H3,(H,21,24)/t16-/m0/s1. The van der Waals surface area contributed by atoms with Crippen LogP contribution in [0.4, 0.5) is 10.8 Å². The lowest BCUT2D eigenvalue weighted by atomic mass is 10.1. The highest BCUT2D eigenvalue weighted by atomic mass is 32.1. The van der Waals surface area contributed by atoms with Gasteiger partial charge in [0.2, 0.25) is 5.91 Å². The monoisotopic (exact) mass is 358 g/mol. The number of aromatic nitrogens is 1. The van der Waals surface area contributed by atoms with Gasteiger partial charge in [0, 0.05) is 43.4 Å². The zero-order chi connectivity index (χ0) is 17.8. The maximum atomic E-state index is 12.7. The van der Waals surface area contributed by atoms with E-state index in [2.05, 4.69) is 33.1 Å². The molecule has 2 heterocycles. The Morgan fingerprint density at radius 1 is 1.24 bits per heavy atom. The van der Waals surface area contributed by atoms with Crippen LogP contribution in [-0.2, 0) is 4.79 Å². The molecule has 6 heteroatoms. The molecule has 0 spiro atoms. The largest absolute Gasteiger partial charge is 0.347 e. The third-order valence-electron chi connectivity index (χ3n) is 4.79. The fourth-order valence-corrected chi connectivity index (χ4v) is 3.94. The Morgan fingerprint density at radius 3 is 2.80 bits per heavy atom. The summed E-state index contributed by atoms with van der Waals surface area (Å²) in [6.07, 6.45) is 2.89. The van der Waals surface area contributed by atoms with Crippen LogP contribution < -0.4 is 10.2 Å². The summed E-state index contributed by atoms with van der Waals surface area (Å²) in [5, 5.41) is 6.18. The minimum atomic E-state index is -0.142. The molecule has 0 bridgehead atoms. The van der Waals surface area contributed by atoms with Crippen LogP contribution in [0.2, 0.25) is 0 Å². The Bertz CT molecular complexity index is 716. The lowest BCUT2D eigenvalue weighted by molar-refractivity contribution is -0.120. The van der Waals surface area contributed by atoms with Crippen molar-refractivity contribution in [1.29, 1.82) is 0 Å². The smallest absolute Gasteiger partial charge is 0.241 e. The fraction of sp³-hybridized carbons (Fsp3) is 0.474. The first kappa shape index (κ1) is 17.9. The predicted molar refractivity (Wildman–Crippen MR) is 105 cm³/mol. The molecule has 1 atom stereocenters. The molecule has 1 fully saturated rings. The summed E-state index contributed by atoms with van der Waals surface area (Å²) in [6, 6.07) is 5.97. The van der Waals surface area contributed by atoms with Crippen LogP contribution in [0.25, 0.3) is 0 Å². The molecule has 0 unspecified atom stereocenters. The van der Waals surface area contributed by atoms with E-state index >= 15 is 0 Å². The number of hydrogen-bond acceptors (Lipinski definition) is 5. The summed E-state index contributed by atoms with van der Waals surface area (Å²) >= 11 is 1.68. The van der Waals surface area contributed by atoms with Crippen LogP contribution >= 0.6 is 11.3 Å². The molecule has 1 N–H and O–H groups in total. The lowest BCUT2D eigenvalue weighted by Crippen LogP contribution is -2.44. The lowest BCUT2D eigenvalue weighted by Gasteiger charge is -2.27. The Kier molecular flexibility index (Phi) is 5.71. The number of benzene rings is 1. The Labute approximate surface area is 153 Å². The number of carbonyl (C=O) groups is 1. The van der Waals surface area contributed by atoms with Crippen molar-refractivity contribution in [2.45, 2.75) is 33.2 Å². The molecule has 25 heavy (non-hydrogen) atoms. The van der Waals surface area contributed by atoms with Gasteiger partial charge in [0.25, 0.3) is 0 Å². The Balaban J connectivity index is 1.60. The number of rotatable bonds is 4. The van der Waals surface area contributed by atoms with E-state index in [0.29, 0.717) is 0 Å². The van der Waals surface area contributed by atoms with Gasteiger partial charge >= 0.3 is 0 Å². The third kappa shape index (κ3) is 4.38. The summed E-state index contributed by atoms with van der Waals surface area (Å²) in [7, 11) is 0. The number of carbonyl (C=O) groups excluding carboxylic acids is 1. The molecule has 134 valence electrons. The number of nitrogens with zero attached hydrogens (tertiary/aromatic N) is 3. The molecule has 1 amide bonds. The maximum absolute atomic E-state index is 12.7. The van der Waals surface area contributed by atoms with Crippen LogP contribution in [0.5, 0.6) is 0 Å². The van der Waals surface area contributed by atoms with E-state index in [1.54, 1.807) is 11.3 Å². The van der Waals surface area contributed by atoms with Gasteiger partial charge in [-0.2, -0.15) is 0 Å². The zero-order valence-electron chi connectivity index (χ0n) is 15.2. The summed E-state index contributed by atoms with van der Waals surface area (Å²) in [5.41, 5.74) is 3.21. The number of anilines is 2. The van der Waals surface area contributed by atoms with Crippen LogP contribution in [0.3, 0.4) is 0 Å². The molecule has 3 rings (SSSR count). The van der Waals surface area contributed by atoms with Gasteiger partial charge in [-0.1, -0.05) is 17.7 Å². The quantitative estimate of drug-likeness (QED) is 0.911. The van der Waals surface area contributed by atoms with Gasteiger partial charge in [-0.05, 0) is 38.8 Å². The number of thiazole rings is 1. The van der Waals surface area contributed by atoms with Crippen LogP contribution in [-0.4, -0.2) is 48.0 Å². The van der Waals surface area contributed by atoms with E-state index in [4.69, 9.17) is 0 Å². The van der Waals surface area contributed by atoms with E-state index in [0.717, 1.165) is 49.0 Å². The molecule has 0 saturated carbocycles. The summed E-state index contributed by atoms with van der Waals surface area (Å²) in [5.74, 6) is 0.0645. The first-order valence-electron chi connectivity index (χ1n) is 8.81. The van der Waals surface area contributed by atoms with Crippen molar-refractivity contribution >= 4 is 28.1 Å². The topological polar surface area (TPSA) is 48.5 Å². The van der Waals surface area contributed by atoms with Crippen molar-refractivity contribution in [3.05, 3.63) is 40.9 Å². The van der Waals surface area contributed by atoms with E-state index in [9.17, 15) is 4.79 Å². The summed E-state index contributed by atoms with van der Waals surface area (Å²) < 4.78 is 0. The normalized spacial score (nSPS) is 17.2. The average Bonchev–Trinajstić information content (AvgIpc) is 3.01. The van der Waals surface area contributed by atoms with Gasteiger partial charge in [0.15, 0.2) is 5.13 Å². The number of amides is 1. The highest BCUT2D eigenvalue weighted by molar-refractivity contribution is 7.13. The first-order valence-corrected chi connectivity index (χ1v) is 9.69. The summed E-state index contributed by atoms with van der Waals surface area (Å²) in [6.45, 7) is 9.81. The van der Waals surface area contributed by atoms with Crippen molar-refractivity contribution in [2.24, 2.45) is 0 Å². The van der Waals surface area contributed by atoms with Crippen LogP contribution in [0.15, 0.2) is 29.8 Å². The third-order valence-corrected chi connectivity index (χ3v) is 5.62. The van der Waals surface area contributed by atoms with Crippen LogP contribution in [0, 0.1) is 13.8 Å². The molecule has 1 saturated heterocycles. The molecule has 0 aliphatic carbocycles. The fourth-order valence-electron chi connectivity index (χ4n) is 3.24. The first-order chi connectivity index (χ1) is 12.0. The maximum Gasteiger partial charge on any atom is 0.241 e. The van der Waals surface area contributed by atoms with E-state index in [1.165, 1.54) is 5.56 Å². The van der Waals surface area contributed by atoms with Crippen molar-refractivity contribution in [3.8, 4) is 0 Å². The highest BCUT2D eigenvalue weighted by Gasteiger charge is 2.25. The second-order valence-corrected chi connectivity index (χ2v) is 7.55. The van der Waals surface area contributed by atoms with Gasteiger partial charge in [-0.25, -0.2) is 4.98 Å². The van der Waals surface area contributed by atoms with E-state index < -0.39 is 0 Å². The summed E-state index contributed by atoms with van der Waals surface area (Å²) in [4.78, 5) is 21.7. The molecule has 1 aromatic heterocycles. The predicted octanol–water partition coefficient (Wildman–Crippen LogP) is 3.30. The SMILES string of the molecule is Cc1ccc(NC(=O)[C@H](C)N2CCCN(c3nccs3)CC2)c(C)c1. The number of hydrogen-bond donors (Lipinski definition) is 1. The van der Waals surface area contributed by atoms with Gasteiger partial charge in [0.1, 0.15) is 0 Å². The molecule has 5 nitrogen and oxygen atoms in total. The average molecular weight is 359 g/mol. The van der Waals surface area contributed by atoms with Crippen molar-refractivity contribution in [3.63, 3.8) is 0 Å². The minimum Gasteiger partial charge on any atom is -0.347 e. The second kappa shape index (κ2) is 7.97. The molecule has 0 radical (unpaired) electrons. The zero-order valence-corrected chi connectivity index (χ0v) is 16.0. The van der Waals surface area contributed by atoms with E-state index in [1.807, 2.05) is 37.6 Å². The molecule has 1 aromatic carbocycles. The van der Waals surface area contributed by atoms with Crippen molar-refractivity contribution < 1.29 is 4.79 Å². The van der Waals surface area contributed by atoms with Gasteiger partial charge in [-0.3, -0.25) is 9.69 Å². The van der Waals surface area contributed by atoms with E-state index in [-0.39, 0.29) is 11.9 Å². The van der Waals surface area contributed by atoms with Gasteiger partial charge in [0.05, 0.1) is 6.04 Å². The number of aryl methyl sites for hydroxylation is 2. The molecular weight excluding hydrogens is 332 g/mol. The Hall–Kier alpha value is -1.92. The van der Waals surface area contributed by atoms with Crippen LogP contribution in [0.1, 0.15) is 24.5 Å². The second-order valence-electron chi connectivity index (χ2n) is 6.67. The van der Waals surface area contributed by atoms with Gasteiger partial charge < -0.3 is 10.2 Å². The Morgan fingerprint density at radius 2 is 2.08 bits per heavy atom. The van der Waals surface area contributed by atoms with Crippen molar-refractivity contribution in [1.82, 2.24) is 9.88 Å². The number of nitrogens with one attached hydrogen (secondary N) is 1. The molecule has 1 aliphatic heterocycles. The molecular formula is C19H26N4OS. The van der Waals surface area contributed by atoms with Crippen molar-refractivity contribution in [2.75, 3.05) is 36.4 Å². The minimum absolute atomic E-state index is 0.0645.